The molecule has 0 unspecified atom stereocenters. The average molecular weight is 842 g/mol. The number of nitrogens with one attached hydrogen (secondary N) is 1. The van der Waals surface area contributed by atoms with Crippen LogP contribution in [0.3, 0.4) is 0 Å². The van der Waals surface area contributed by atoms with Crippen molar-refractivity contribution in [3.05, 3.63) is 114 Å². The molecule has 0 amide bonds. The Kier molecular flexibility index (Phi) is 26.3. The van der Waals surface area contributed by atoms with Crippen molar-refractivity contribution in [1.29, 1.82) is 5.41 Å². The van der Waals surface area contributed by atoms with Gasteiger partial charge in [0.25, 0.3) is 0 Å². The molecule has 0 heterocycles. The predicted octanol–water partition coefficient (Wildman–Crippen LogP) is 11.6. The van der Waals surface area contributed by atoms with Crippen LogP contribution in [-0.2, 0) is 23.8 Å². The summed E-state index contributed by atoms with van der Waals surface area (Å²) < 4.78 is 33.0. The maximum Gasteiger partial charge on any atom is 0.343 e. The van der Waals surface area contributed by atoms with E-state index < -0.39 is 17.9 Å². The van der Waals surface area contributed by atoms with E-state index in [1.54, 1.807) is 54.6 Å². The second kappa shape index (κ2) is 31.2. The highest BCUT2D eigenvalue weighted by molar-refractivity contribution is 5.93. The summed E-state index contributed by atoms with van der Waals surface area (Å²) in [5.41, 5.74) is 2.41. The van der Waals surface area contributed by atoms with Gasteiger partial charge in [-0.3, -0.25) is 0 Å². The van der Waals surface area contributed by atoms with Crippen molar-refractivity contribution in [3.63, 3.8) is 0 Å². The van der Waals surface area contributed by atoms with Crippen LogP contribution in [0.5, 0.6) is 17.2 Å². The van der Waals surface area contributed by atoms with Gasteiger partial charge >= 0.3 is 23.9 Å². The lowest BCUT2D eigenvalue weighted by Gasteiger charge is -2.29. The monoisotopic (exact) mass is 841 g/mol. The first-order valence-corrected chi connectivity index (χ1v) is 21.8. The van der Waals surface area contributed by atoms with Crippen LogP contribution in [0.2, 0.25) is 0 Å². The largest absolute Gasteiger partial charge is 0.494 e. The third kappa shape index (κ3) is 20.4. The summed E-state index contributed by atoms with van der Waals surface area (Å²) >= 11 is 0. The molecule has 0 aromatic heterocycles. The van der Waals surface area contributed by atoms with E-state index >= 15 is 0 Å². The summed E-state index contributed by atoms with van der Waals surface area (Å²) in [6, 6.07) is 19.3. The van der Waals surface area contributed by atoms with Crippen molar-refractivity contribution in [2.75, 3.05) is 26.4 Å². The summed E-state index contributed by atoms with van der Waals surface area (Å²) in [5, 5.41) is 7.98. The topological polar surface area (TPSA) is 148 Å². The van der Waals surface area contributed by atoms with Crippen LogP contribution < -0.4 is 14.2 Å². The Balaban J connectivity index is 0.00000245. The zero-order valence-electron chi connectivity index (χ0n) is 36.8. The third-order valence-electron chi connectivity index (χ3n) is 9.43. The number of hydrogen-bond acceptors (Lipinski definition) is 11. The molecule has 1 fully saturated rings. The average Bonchev–Trinajstić information content (AvgIpc) is 3.29. The number of unbranched alkanes of at least 4 members (excludes halogenated alkanes) is 6. The van der Waals surface area contributed by atoms with Gasteiger partial charge in [0.2, 0.25) is 0 Å². The van der Waals surface area contributed by atoms with Crippen LogP contribution >= 0.6 is 0 Å². The molecule has 1 aliphatic rings. The molecule has 1 saturated carbocycles. The zero-order chi connectivity index (χ0) is 44.7. The summed E-state index contributed by atoms with van der Waals surface area (Å²) in [6.45, 7) is 16.9. The lowest BCUT2D eigenvalue weighted by atomic mass is 9.82. The van der Waals surface area contributed by atoms with Crippen molar-refractivity contribution < 1.29 is 47.6 Å². The Morgan fingerprint density at radius 3 is 1.51 bits per heavy atom. The number of ether oxygens (including phenoxy) is 6. The van der Waals surface area contributed by atoms with E-state index in [1.807, 2.05) is 26.0 Å². The number of rotatable bonds is 24. The SMILES string of the molecule is C=CC(=O)OCCCCCCOc1ccc(C(=O)Oc2ccc(C3CCC(OC(=O)c4ccc(OCCCCCCOC(=O)C=C)cc4)CC3)cc2C=N)cc1.CC.CCC. The minimum atomic E-state index is -0.525. The molecule has 1 aliphatic carbocycles. The molecule has 0 spiro atoms. The van der Waals surface area contributed by atoms with Gasteiger partial charge in [-0.2, -0.15) is 0 Å². The quantitative estimate of drug-likeness (QED) is 0.0231. The third-order valence-corrected chi connectivity index (χ3v) is 9.43. The summed E-state index contributed by atoms with van der Waals surface area (Å²) in [5.74, 6) is 0.199. The molecule has 11 nitrogen and oxygen atoms in total. The Morgan fingerprint density at radius 2 is 1.07 bits per heavy atom. The van der Waals surface area contributed by atoms with Crippen LogP contribution in [0, 0.1) is 5.41 Å². The van der Waals surface area contributed by atoms with Crippen molar-refractivity contribution in [2.24, 2.45) is 0 Å². The first-order valence-electron chi connectivity index (χ1n) is 21.8. The van der Waals surface area contributed by atoms with Gasteiger partial charge in [-0.25, -0.2) is 19.2 Å². The fraction of sp³-hybridized carbons (Fsp3) is 0.460. The Bertz CT molecular complexity index is 1760. The van der Waals surface area contributed by atoms with E-state index in [2.05, 4.69) is 27.0 Å². The van der Waals surface area contributed by atoms with E-state index in [0.717, 1.165) is 94.8 Å². The van der Waals surface area contributed by atoms with E-state index in [0.29, 0.717) is 60.4 Å². The second-order valence-electron chi connectivity index (χ2n) is 14.2. The van der Waals surface area contributed by atoms with E-state index in [9.17, 15) is 19.2 Å². The normalized spacial score (nSPS) is 14.0. The summed E-state index contributed by atoms with van der Waals surface area (Å²) in [4.78, 5) is 47.9. The van der Waals surface area contributed by atoms with Gasteiger partial charge in [0, 0.05) is 23.9 Å². The van der Waals surface area contributed by atoms with Gasteiger partial charge in [-0.1, -0.05) is 53.3 Å². The van der Waals surface area contributed by atoms with Crippen molar-refractivity contribution in [3.8, 4) is 17.2 Å². The van der Waals surface area contributed by atoms with Crippen LogP contribution in [0.1, 0.15) is 149 Å². The second-order valence-corrected chi connectivity index (χ2v) is 14.2. The van der Waals surface area contributed by atoms with E-state index in [4.69, 9.17) is 33.8 Å². The van der Waals surface area contributed by atoms with Gasteiger partial charge < -0.3 is 33.8 Å². The van der Waals surface area contributed by atoms with Gasteiger partial charge in [0.15, 0.2) is 0 Å². The molecular formula is C50H67NO10. The molecule has 3 aromatic rings. The van der Waals surface area contributed by atoms with E-state index in [-0.39, 0.29) is 18.0 Å². The molecule has 4 rings (SSSR count). The van der Waals surface area contributed by atoms with Gasteiger partial charge in [0.05, 0.1) is 37.6 Å². The van der Waals surface area contributed by atoms with Gasteiger partial charge in [0.1, 0.15) is 23.4 Å². The molecule has 0 atom stereocenters. The van der Waals surface area contributed by atoms with Crippen molar-refractivity contribution >= 4 is 30.1 Å². The Labute approximate surface area is 363 Å². The molecule has 0 saturated heterocycles. The van der Waals surface area contributed by atoms with Crippen LogP contribution in [0.15, 0.2) is 92.0 Å². The number of esters is 4. The maximum absolute atomic E-state index is 12.9. The predicted molar refractivity (Wildman–Crippen MR) is 240 cm³/mol. The number of carbonyl (C=O) groups is 4. The lowest BCUT2D eigenvalue weighted by molar-refractivity contribution is -0.138. The number of hydrogen-bond donors (Lipinski definition) is 1. The minimum absolute atomic E-state index is 0.179. The fourth-order valence-corrected chi connectivity index (χ4v) is 6.25. The van der Waals surface area contributed by atoms with Gasteiger partial charge in [-0.05, 0) is 149 Å². The van der Waals surface area contributed by atoms with Crippen LogP contribution in [0.4, 0.5) is 0 Å². The highest BCUT2D eigenvalue weighted by atomic mass is 16.5. The standard InChI is InChI=1S/C45H53NO10.C3H8.C2H6/c1-3-42(47)53-29-11-7-5-9-27-51-38-20-15-34(16-21-38)44(49)55-40-24-13-33(14-25-40)36-19-26-41(37(31-36)32-46)56-45(50)35-17-22-39(23-18-35)52-28-10-6-8-12-30-54-43(48)4-2;1-3-2;1-2/h3-4,15-23,26,31-33,40,46H,1-2,5-14,24-25,27-30H2;3H2,1-2H3;1-2H3. The molecule has 11 heteroatoms. The van der Waals surface area contributed by atoms with E-state index in [1.165, 1.54) is 12.6 Å². The fourth-order valence-electron chi connectivity index (χ4n) is 6.25. The molecule has 61 heavy (non-hydrogen) atoms. The molecule has 0 aliphatic heterocycles. The maximum atomic E-state index is 12.9. The molecular weight excluding hydrogens is 775 g/mol. The first kappa shape index (κ1) is 51.4. The van der Waals surface area contributed by atoms with Crippen molar-refractivity contribution in [1.82, 2.24) is 0 Å². The van der Waals surface area contributed by atoms with Crippen LogP contribution in [0.25, 0.3) is 0 Å². The number of benzene rings is 3. The molecule has 0 bridgehead atoms. The Morgan fingerprint density at radius 1 is 0.623 bits per heavy atom. The summed E-state index contributed by atoms with van der Waals surface area (Å²) in [7, 11) is 0. The molecule has 332 valence electrons. The number of carbonyl (C=O) groups excluding carboxylic acids is 4. The zero-order valence-corrected chi connectivity index (χ0v) is 36.8. The van der Waals surface area contributed by atoms with Gasteiger partial charge in [-0.15, -0.1) is 0 Å². The van der Waals surface area contributed by atoms with Crippen LogP contribution in [-0.4, -0.2) is 62.6 Å². The smallest absolute Gasteiger partial charge is 0.343 e. The lowest BCUT2D eigenvalue weighted by Crippen LogP contribution is -2.24. The summed E-state index contributed by atoms with van der Waals surface area (Å²) in [6.07, 6.45) is 14.7. The molecule has 1 N–H and O–H groups in total. The molecule has 0 radical (unpaired) electrons. The Hall–Kier alpha value is -5.71. The van der Waals surface area contributed by atoms with Crippen molar-refractivity contribution in [2.45, 2.75) is 123 Å². The molecule has 3 aromatic carbocycles. The highest BCUT2D eigenvalue weighted by Gasteiger charge is 2.26. The highest BCUT2D eigenvalue weighted by Crippen LogP contribution is 2.36. The minimum Gasteiger partial charge on any atom is -0.494 e. The first-order chi connectivity index (χ1) is 29.7.